The van der Waals surface area contributed by atoms with Crippen LogP contribution in [0.5, 0.6) is 0 Å². The Bertz CT molecular complexity index is 354. The van der Waals surface area contributed by atoms with Gasteiger partial charge in [-0.1, -0.05) is 90.9 Å². The number of carboxylic acid groups (broad SMARTS) is 1. The number of ether oxygens (including phenoxy) is 1. The molecule has 0 bridgehead atoms. The van der Waals surface area contributed by atoms with Crippen LogP contribution in [0.3, 0.4) is 0 Å². The summed E-state index contributed by atoms with van der Waals surface area (Å²) in [4.78, 5) is 23.1. The SMILES string of the molecule is CCCCCCCCCCCOC(=O)C(CCCCCC)CCCC(=O)O. The molecule has 4 heteroatoms. The number of carbonyl (C=O) groups excluding carboxylic acids is 1. The second-order valence-corrected chi connectivity index (χ2v) is 7.83. The minimum atomic E-state index is -0.789. The molecule has 0 heterocycles. The Hall–Kier alpha value is -1.06. The maximum atomic E-state index is 12.3. The van der Waals surface area contributed by atoms with E-state index in [1.54, 1.807) is 0 Å². The van der Waals surface area contributed by atoms with Crippen LogP contribution in [0.1, 0.15) is 123 Å². The third kappa shape index (κ3) is 18.1. The highest BCUT2D eigenvalue weighted by Crippen LogP contribution is 2.19. The fourth-order valence-corrected chi connectivity index (χ4v) is 3.40. The number of hydrogen-bond donors (Lipinski definition) is 1. The average molecular weight is 385 g/mol. The number of carbonyl (C=O) groups is 2. The Kier molecular flexibility index (Phi) is 18.9. The highest BCUT2D eigenvalue weighted by Gasteiger charge is 2.19. The van der Waals surface area contributed by atoms with Crippen molar-refractivity contribution in [1.29, 1.82) is 0 Å². The van der Waals surface area contributed by atoms with Gasteiger partial charge in [0, 0.05) is 6.42 Å². The second kappa shape index (κ2) is 19.7. The molecule has 4 nitrogen and oxygen atoms in total. The summed E-state index contributed by atoms with van der Waals surface area (Å²) >= 11 is 0. The topological polar surface area (TPSA) is 63.6 Å². The molecule has 0 aliphatic carbocycles. The van der Waals surface area contributed by atoms with Gasteiger partial charge in [0.05, 0.1) is 12.5 Å². The molecule has 0 saturated heterocycles. The Morgan fingerprint density at radius 1 is 0.704 bits per heavy atom. The summed E-state index contributed by atoms with van der Waals surface area (Å²) < 4.78 is 5.49. The summed E-state index contributed by atoms with van der Waals surface area (Å²) in [6, 6.07) is 0. The lowest BCUT2D eigenvalue weighted by molar-refractivity contribution is -0.149. The Labute approximate surface area is 167 Å². The van der Waals surface area contributed by atoms with Crippen molar-refractivity contribution in [1.82, 2.24) is 0 Å². The quantitative estimate of drug-likeness (QED) is 0.183. The summed E-state index contributed by atoms with van der Waals surface area (Å²) in [5.74, 6) is -1.03. The monoisotopic (exact) mass is 384 g/mol. The number of hydrogen-bond acceptors (Lipinski definition) is 3. The minimum Gasteiger partial charge on any atom is -0.481 e. The van der Waals surface area contributed by atoms with Crippen molar-refractivity contribution in [3.63, 3.8) is 0 Å². The van der Waals surface area contributed by atoms with Gasteiger partial charge < -0.3 is 9.84 Å². The van der Waals surface area contributed by atoms with Crippen LogP contribution in [-0.4, -0.2) is 23.7 Å². The molecule has 0 aromatic heterocycles. The highest BCUT2D eigenvalue weighted by molar-refractivity contribution is 5.72. The summed E-state index contributed by atoms with van der Waals surface area (Å²) in [7, 11) is 0. The number of aliphatic carboxylic acids is 1. The standard InChI is InChI=1S/C23H44O4/c1-3-5-7-9-10-11-12-13-15-20-27-23(26)21(17-14-8-6-4-2)18-16-19-22(24)25/h21H,3-20H2,1-2H3,(H,24,25). The number of unbranched alkanes of at least 4 members (excludes halogenated alkanes) is 11. The van der Waals surface area contributed by atoms with E-state index >= 15 is 0 Å². The maximum Gasteiger partial charge on any atom is 0.308 e. The van der Waals surface area contributed by atoms with Crippen LogP contribution < -0.4 is 0 Å². The van der Waals surface area contributed by atoms with Crippen molar-refractivity contribution < 1.29 is 19.4 Å². The predicted molar refractivity (Wildman–Crippen MR) is 112 cm³/mol. The van der Waals surface area contributed by atoms with Crippen molar-refractivity contribution in [3.05, 3.63) is 0 Å². The fraction of sp³-hybridized carbons (Fsp3) is 0.913. The van der Waals surface area contributed by atoms with Crippen LogP contribution in [0, 0.1) is 5.92 Å². The van der Waals surface area contributed by atoms with E-state index < -0.39 is 5.97 Å². The first-order chi connectivity index (χ1) is 13.1. The average Bonchev–Trinajstić information content (AvgIpc) is 2.64. The van der Waals surface area contributed by atoms with Crippen molar-refractivity contribution in [3.8, 4) is 0 Å². The van der Waals surface area contributed by atoms with E-state index in [0.717, 1.165) is 32.1 Å². The second-order valence-electron chi connectivity index (χ2n) is 7.83. The van der Waals surface area contributed by atoms with Crippen LogP contribution in [0.25, 0.3) is 0 Å². The molecule has 27 heavy (non-hydrogen) atoms. The van der Waals surface area contributed by atoms with Gasteiger partial charge in [-0.05, 0) is 25.7 Å². The molecule has 1 N–H and O–H groups in total. The highest BCUT2D eigenvalue weighted by atomic mass is 16.5. The van der Waals surface area contributed by atoms with Gasteiger partial charge >= 0.3 is 11.9 Å². The zero-order valence-electron chi connectivity index (χ0n) is 18.0. The molecule has 1 atom stereocenters. The number of esters is 1. The van der Waals surface area contributed by atoms with E-state index in [2.05, 4.69) is 13.8 Å². The third-order valence-electron chi connectivity index (χ3n) is 5.17. The molecular weight excluding hydrogens is 340 g/mol. The summed E-state index contributed by atoms with van der Waals surface area (Å²) in [6.45, 7) is 4.92. The van der Waals surface area contributed by atoms with Crippen LogP contribution in [0.2, 0.25) is 0 Å². The molecule has 0 saturated carbocycles. The summed E-state index contributed by atoms with van der Waals surface area (Å²) in [6.07, 6.45) is 17.9. The first-order valence-electron chi connectivity index (χ1n) is 11.5. The molecular formula is C23H44O4. The van der Waals surface area contributed by atoms with Crippen molar-refractivity contribution in [2.24, 2.45) is 5.92 Å². The van der Waals surface area contributed by atoms with Gasteiger partial charge in [-0.25, -0.2) is 0 Å². The Morgan fingerprint density at radius 2 is 1.19 bits per heavy atom. The Morgan fingerprint density at radius 3 is 1.74 bits per heavy atom. The van der Waals surface area contributed by atoms with E-state index in [1.807, 2.05) is 0 Å². The summed E-state index contributed by atoms with van der Waals surface area (Å²) in [5, 5.41) is 8.80. The van der Waals surface area contributed by atoms with Crippen LogP contribution in [0.15, 0.2) is 0 Å². The molecule has 0 aromatic carbocycles. The van der Waals surface area contributed by atoms with Gasteiger partial charge in [0.15, 0.2) is 0 Å². The Balaban J connectivity index is 3.85. The lowest BCUT2D eigenvalue weighted by atomic mass is 9.95. The van der Waals surface area contributed by atoms with Gasteiger partial charge in [-0.15, -0.1) is 0 Å². The zero-order valence-corrected chi connectivity index (χ0v) is 18.0. The lowest BCUT2D eigenvalue weighted by Crippen LogP contribution is -2.19. The molecule has 0 fully saturated rings. The van der Waals surface area contributed by atoms with Gasteiger partial charge in [0.1, 0.15) is 0 Å². The van der Waals surface area contributed by atoms with Gasteiger partial charge in [0.2, 0.25) is 0 Å². The van der Waals surface area contributed by atoms with E-state index in [0.29, 0.717) is 19.4 Å². The predicted octanol–water partition coefficient (Wildman–Crippen LogP) is 6.90. The molecule has 0 aliphatic rings. The molecule has 0 aliphatic heterocycles. The van der Waals surface area contributed by atoms with Crippen LogP contribution >= 0.6 is 0 Å². The normalized spacial score (nSPS) is 12.1. The molecule has 0 rings (SSSR count). The number of carboxylic acids is 1. The first kappa shape index (κ1) is 25.9. The van der Waals surface area contributed by atoms with E-state index in [4.69, 9.17) is 9.84 Å². The molecule has 0 spiro atoms. The lowest BCUT2D eigenvalue weighted by Gasteiger charge is -2.15. The zero-order chi connectivity index (χ0) is 20.2. The molecule has 160 valence electrons. The van der Waals surface area contributed by atoms with Crippen LogP contribution in [-0.2, 0) is 14.3 Å². The van der Waals surface area contributed by atoms with Crippen molar-refractivity contribution in [2.75, 3.05) is 6.61 Å². The maximum absolute atomic E-state index is 12.3. The summed E-state index contributed by atoms with van der Waals surface area (Å²) in [5.41, 5.74) is 0. The van der Waals surface area contributed by atoms with Crippen LogP contribution in [0.4, 0.5) is 0 Å². The van der Waals surface area contributed by atoms with E-state index in [-0.39, 0.29) is 18.3 Å². The molecule has 1 unspecified atom stereocenters. The molecule has 0 amide bonds. The van der Waals surface area contributed by atoms with Gasteiger partial charge in [-0.3, -0.25) is 9.59 Å². The van der Waals surface area contributed by atoms with Crippen molar-refractivity contribution in [2.45, 2.75) is 123 Å². The van der Waals surface area contributed by atoms with E-state index in [9.17, 15) is 9.59 Å². The molecule has 0 radical (unpaired) electrons. The fourth-order valence-electron chi connectivity index (χ4n) is 3.40. The number of rotatable bonds is 20. The van der Waals surface area contributed by atoms with E-state index in [1.165, 1.54) is 57.8 Å². The van der Waals surface area contributed by atoms with Gasteiger partial charge in [-0.2, -0.15) is 0 Å². The first-order valence-corrected chi connectivity index (χ1v) is 11.5. The largest absolute Gasteiger partial charge is 0.481 e. The molecule has 0 aromatic rings. The van der Waals surface area contributed by atoms with Gasteiger partial charge in [0.25, 0.3) is 0 Å². The smallest absolute Gasteiger partial charge is 0.308 e. The minimum absolute atomic E-state index is 0.114. The third-order valence-corrected chi connectivity index (χ3v) is 5.17. The van der Waals surface area contributed by atoms with Crippen molar-refractivity contribution >= 4 is 11.9 Å².